The normalized spacial score (nSPS) is 18.5. The summed E-state index contributed by atoms with van der Waals surface area (Å²) in [4.78, 5) is 2.16. The Kier molecular flexibility index (Phi) is 6.47. The van der Waals surface area contributed by atoms with Gasteiger partial charge in [0.1, 0.15) is 0 Å². The monoisotopic (exact) mass is 272 g/mol. The molecule has 6 N–H and O–H groups in total. The minimum absolute atomic E-state index is 0.0590. The molecule has 0 saturated carbocycles. The number of nitrogens with two attached hydrogens (primary N) is 3. The molecule has 0 bridgehead atoms. The first-order valence-electron chi connectivity index (χ1n) is 7.34. The molecule has 0 amide bonds. The molecule has 0 spiro atoms. The third-order valence-electron chi connectivity index (χ3n) is 5.21. The minimum Gasteiger partial charge on any atom is -0.330 e. The van der Waals surface area contributed by atoms with Crippen LogP contribution in [0.3, 0.4) is 0 Å². The first kappa shape index (κ1) is 18.8. The highest BCUT2D eigenvalue weighted by atomic mass is 15.3. The van der Waals surface area contributed by atoms with Crippen molar-refractivity contribution in [1.29, 1.82) is 0 Å². The van der Waals surface area contributed by atoms with Crippen molar-refractivity contribution >= 4 is 0 Å². The molecule has 0 radical (unpaired) electrons. The molecule has 19 heavy (non-hydrogen) atoms. The highest BCUT2D eigenvalue weighted by Gasteiger charge is 2.51. The van der Waals surface area contributed by atoms with Gasteiger partial charge in [0.15, 0.2) is 0 Å². The lowest BCUT2D eigenvalue weighted by atomic mass is 9.61. The summed E-state index contributed by atoms with van der Waals surface area (Å²) in [6, 6.07) is 0. The van der Waals surface area contributed by atoms with E-state index >= 15 is 0 Å². The van der Waals surface area contributed by atoms with Gasteiger partial charge in [-0.15, -0.1) is 0 Å². The van der Waals surface area contributed by atoms with Crippen LogP contribution in [-0.4, -0.2) is 37.7 Å². The van der Waals surface area contributed by atoms with E-state index in [4.69, 9.17) is 17.2 Å². The standard InChI is InChI=1S/C15H36N4/c1-12(13(2,3)8-10-16)15(18,19(6)7)14(4,5)9-11-17/h12H,8-11,16-18H2,1-7H3. The number of nitrogens with zero attached hydrogens (tertiary/aromatic N) is 1. The van der Waals surface area contributed by atoms with Crippen molar-refractivity contribution in [2.75, 3.05) is 27.2 Å². The molecule has 2 unspecified atom stereocenters. The fraction of sp³-hybridized carbons (Fsp3) is 1.00. The molecule has 0 aromatic carbocycles. The Bertz CT molecular complexity index is 273. The molecule has 0 aromatic rings. The van der Waals surface area contributed by atoms with Gasteiger partial charge in [-0.3, -0.25) is 4.90 Å². The lowest BCUT2D eigenvalue weighted by Gasteiger charge is -2.56. The van der Waals surface area contributed by atoms with Gasteiger partial charge < -0.3 is 17.2 Å². The average molecular weight is 272 g/mol. The molecule has 0 aromatic heterocycles. The fourth-order valence-electron chi connectivity index (χ4n) is 3.32. The van der Waals surface area contributed by atoms with E-state index in [2.05, 4.69) is 53.6 Å². The first-order chi connectivity index (χ1) is 8.47. The topological polar surface area (TPSA) is 81.3 Å². The quantitative estimate of drug-likeness (QED) is 0.586. The number of hydrogen-bond acceptors (Lipinski definition) is 4. The molecule has 4 nitrogen and oxygen atoms in total. The summed E-state index contributed by atoms with van der Waals surface area (Å²) in [5.74, 6) is 0.306. The summed E-state index contributed by atoms with van der Waals surface area (Å²) in [5, 5.41) is 0. The van der Waals surface area contributed by atoms with E-state index < -0.39 is 5.66 Å². The Morgan fingerprint density at radius 3 is 1.68 bits per heavy atom. The molecule has 0 aliphatic rings. The van der Waals surface area contributed by atoms with Crippen LogP contribution in [0, 0.1) is 16.7 Å². The average Bonchev–Trinajstić information content (AvgIpc) is 2.26. The van der Waals surface area contributed by atoms with Gasteiger partial charge in [0, 0.05) is 0 Å². The predicted octanol–water partition coefficient (Wildman–Crippen LogP) is 1.59. The number of hydrogen-bond donors (Lipinski definition) is 3. The maximum Gasteiger partial charge on any atom is 0.0766 e. The second-order valence-electron chi connectivity index (χ2n) is 7.39. The second kappa shape index (κ2) is 6.53. The van der Waals surface area contributed by atoms with E-state index in [9.17, 15) is 0 Å². The van der Waals surface area contributed by atoms with Crippen LogP contribution < -0.4 is 17.2 Å². The predicted molar refractivity (Wildman–Crippen MR) is 84.7 cm³/mol. The maximum atomic E-state index is 6.89. The van der Waals surface area contributed by atoms with Gasteiger partial charge in [0.25, 0.3) is 0 Å². The van der Waals surface area contributed by atoms with Crippen molar-refractivity contribution in [2.24, 2.45) is 33.9 Å². The van der Waals surface area contributed by atoms with Crippen molar-refractivity contribution in [2.45, 2.75) is 53.1 Å². The molecule has 0 saturated heterocycles. The highest BCUT2D eigenvalue weighted by Crippen LogP contribution is 2.46. The zero-order valence-corrected chi connectivity index (χ0v) is 14.1. The third-order valence-corrected chi connectivity index (χ3v) is 5.21. The summed E-state index contributed by atoms with van der Waals surface area (Å²) in [6.07, 6.45) is 1.88. The van der Waals surface area contributed by atoms with Crippen LogP contribution in [0.4, 0.5) is 0 Å². The van der Waals surface area contributed by atoms with Crippen molar-refractivity contribution in [3.63, 3.8) is 0 Å². The SMILES string of the molecule is CC(C(C)(C)CCN)C(N)(N(C)C)C(C)(C)CCN. The van der Waals surface area contributed by atoms with Gasteiger partial charge in [0.05, 0.1) is 5.66 Å². The van der Waals surface area contributed by atoms with Crippen LogP contribution in [0.2, 0.25) is 0 Å². The molecule has 2 atom stereocenters. The van der Waals surface area contributed by atoms with E-state index in [1.165, 1.54) is 0 Å². The Morgan fingerprint density at radius 1 is 0.947 bits per heavy atom. The summed E-state index contributed by atoms with van der Waals surface area (Å²) < 4.78 is 0. The lowest BCUT2D eigenvalue weighted by molar-refractivity contribution is -0.0708. The van der Waals surface area contributed by atoms with Crippen molar-refractivity contribution in [3.8, 4) is 0 Å². The van der Waals surface area contributed by atoms with Gasteiger partial charge in [-0.05, 0) is 56.8 Å². The van der Waals surface area contributed by atoms with Crippen LogP contribution in [0.1, 0.15) is 47.5 Å². The zero-order chi connectivity index (χ0) is 15.5. The summed E-state index contributed by atoms with van der Waals surface area (Å²) in [7, 11) is 4.13. The van der Waals surface area contributed by atoms with Crippen LogP contribution in [0.25, 0.3) is 0 Å². The maximum absolute atomic E-state index is 6.89. The summed E-state index contributed by atoms with van der Waals surface area (Å²) >= 11 is 0. The van der Waals surface area contributed by atoms with Crippen LogP contribution in [-0.2, 0) is 0 Å². The minimum atomic E-state index is -0.412. The lowest BCUT2D eigenvalue weighted by Crippen LogP contribution is -2.68. The van der Waals surface area contributed by atoms with Crippen molar-refractivity contribution in [3.05, 3.63) is 0 Å². The Balaban J connectivity index is 5.53. The van der Waals surface area contributed by atoms with Gasteiger partial charge in [-0.2, -0.15) is 0 Å². The summed E-state index contributed by atoms with van der Waals surface area (Å²) in [6.45, 7) is 12.5. The van der Waals surface area contributed by atoms with Gasteiger partial charge in [-0.25, -0.2) is 0 Å². The molecule has 0 rings (SSSR count). The fourth-order valence-corrected chi connectivity index (χ4v) is 3.32. The molecular formula is C15H36N4. The largest absolute Gasteiger partial charge is 0.330 e. The smallest absolute Gasteiger partial charge is 0.0766 e. The molecule has 0 heterocycles. The van der Waals surface area contributed by atoms with Crippen LogP contribution >= 0.6 is 0 Å². The molecule has 0 fully saturated rings. The molecule has 0 aliphatic heterocycles. The molecular weight excluding hydrogens is 236 g/mol. The van der Waals surface area contributed by atoms with Crippen molar-refractivity contribution < 1.29 is 0 Å². The number of rotatable bonds is 8. The molecule has 4 heteroatoms. The van der Waals surface area contributed by atoms with E-state index in [0.717, 1.165) is 12.8 Å². The highest BCUT2D eigenvalue weighted by molar-refractivity contribution is 5.03. The zero-order valence-electron chi connectivity index (χ0n) is 14.1. The first-order valence-corrected chi connectivity index (χ1v) is 7.34. The van der Waals surface area contributed by atoms with Crippen LogP contribution in [0.5, 0.6) is 0 Å². The van der Waals surface area contributed by atoms with Crippen molar-refractivity contribution in [1.82, 2.24) is 4.90 Å². The van der Waals surface area contributed by atoms with Gasteiger partial charge in [-0.1, -0.05) is 34.6 Å². The van der Waals surface area contributed by atoms with Gasteiger partial charge >= 0.3 is 0 Å². The Labute approximate surface area is 120 Å². The van der Waals surface area contributed by atoms with Crippen LogP contribution in [0.15, 0.2) is 0 Å². The third kappa shape index (κ3) is 3.69. The summed E-state index contributed by atoms with van der Waals surface area (Å²) in [5.41, 5.74) is 18.1. The van der Waals surface area contributed by atoms with Gasteiger partial charge in [0.2, 0.25) is 0 Å². The Hall–Kier alpha value is -0.160. The van der Waals surface area contributed by atoms with E-state index in [-0.39, 0.29) is 10.8 Å². The van der Waals surface area contributed by atoms with E-state index in [1.807, 2.05) is 0 Å². The molecule has 0 aliphatic carbocycles. The molecule has 116 valence electrons. The Morgan fingerprint density at radius 2 is 1.37 bits per heavy atom. The second-order valence-corrected chi connectivity index (χ2v) is 7.39. The van der Waals surface area contributed by atoms with E-state index in [0.29, 0.717) is 19.0 Å². The van der Waals surface area contributed by atoms with E-state index in [1.54, 1.807) is 0 Å².